The Morgan fingerprint density at radius 1 is 1.00 bits per heavy atom. The van der Waals surface area contributed by atoms with Crippen molar-refractivity contribution in [3.05, 3.63) is 88.9 Å². The monoisotopic (exact) mass is 542 g/mol. The fraction of sp³-hybridized carbons (Fsp3) is 0.167. The summed E-state index contributed by atoms with van der Waals surface area (Å²) in [5.74, 6) is -0.847. The molecule has 2 atom stereocenters. The Hall–Kier alpha value is -5.25. The minimum atomic E-state index is -1.23. The van der Waals surface area contributed by atoms with Gasteiger partial charge < -0.3 is 34.4 Å². The quantitative estimate of drug-likeness (QED) is 0.202. The average molecular weight is 543 g/mol. The first kappa shape index (κ1) is 26.4. The van der Waals surface area contributed by atoms with E-state index in [1.165, 1.54) is 31.2 Å². The number of methoxy groups -OCH3 is 1. The third-order valence-corrected chi connectivity index (χ3v) is 6.59. The number of H-pyrrole nitrogens is 1. The summed E-state index contributed by atoms with van der Waals surface area (Å²) in [5.41, 5.74) is 2.56. The molecule has 3 aromatic carbocycles. The zero-order valence-corrected chi connectivity index (χ0v) is 21.6. The van der Waals surface area contributed by atoms with Crippen molar-refractivity contribution in [1.82, 2.24) is 10.3 Å². The lowest BCUT2D eigenvalue weighted by molar-refractivity contribution is -0.142. The van der Waals surface area contributed by atoms with Crippen molar-refractivity contribution in [3.63, 3.8) is 0 Å². The second kappa shape index (κ2) is 10.9. The van der Waals surface area contributed by atoms with E-state index < -0.39 is 29.6 Å². The van der Waals surface area contributed by atoms with Crippen molar-refractivity contribution in [3.8, 4) is 28.4 Å². The van der Waals surface area contributed by atoms with Gasteiger partial charge in [0, 0.05) is 41.0 Å². The number of fused-ring (bicyclic) bond motifs is 2. The highest BCUT2D eigenvalue weighted by Crippen LogP contribution is 2.31. The maximum absolute atomic E-state index is 12.9. The van der Waals surface area contributed by atoms with E-state index in [2.05, 4.69) is 10.3 Å². The molecule has 0 unspecified atom stereocenters. The number of aromatic nitrogens is 1. The fourth-order valence-electron chi connectivity index (χ4n) is 4.53. The molecule has 40 heavy (non-hydrogen) atoms. The van der Waals surface area contributed by atoms with Crippen LogP contribution in [0.4, 0.5) is 0 Å². The van der Waals surface area contributed by atoms with Gasteiger partial charge in [0.15, 0.2) is 6.10 Å². The van der Waals surface area contributed by atoms with Crippen LogP contribution in [0.25, 0.3) is 33.0 Å². The van der Waals surface area contributed by atoms with Crippen molar-refractivity contribution in [2.45, 2.75) is 25.5 Å². The summed E-state index contributed by atoms with van der Waals surface area (Å²) in [4.78, 5) is 40.1. The Morgan fingerprint density at radius 3 is 2.48 bits per heavy atom. The Bertz CT molecular complexity index is 1770. The summed E-state index contributed by atoms with van der Waals surface area (Å²) in [6.45, 7) is 1.49. The number of aromatic hydroxyl groups is 1. The molecule has 2 heterocycles. The molecule has 2 aromatic heterocycles. The van der Waals surface area contributed by atoms with Crippen molar-refractivity contribution >= 4 is 33.7 Å². The van der Waals surface area contributed by atoms with Gasteiger partial charge in [-0.15, -0.1) is 0 Å². The third kappa shape index (κ3) is 5.46. The maximum Gasteiger partial charge on any atom is 0.336 e. The van der Waals surface area contributed by atoms with Gasteiger partial charge in [-0.05, 0) is 66.1 Å². The summed E-state index contributed by atoms with van der Waals surface area (Å²) in [6, 6.07) is 17.1. The number of benzene rings is 3. The second-order valence-electron chi connectivity index (χ2n) is 9.27. The van der Waals surface area contributed by atoms with Gasteiger partial charge in [0.05, 0.1) is 7.11 Å². The fourth-order valence-corrected chi connectivity index (χ4v) is 4.53. The van der Waals surface area contributed by atoms with Crippen molar-refractivity contribution < 1.29 is 33.7 Å². The van der Waals surface area contributed by atoms with Crippen LogP contribution in [0.1, 0.15) is 12.5 Å². The molecule has 5 aromatic rings. The number of ether oxygens (including phenoxy) is 2. The van der Waals surface area contributed by atoms with E-state index in [4.69, 9.17) is 13.9 Å². The lowest BCUT2D eigenvalue weighted by atomic mass is 10.0. The SMILES string of the molecule is COc1ccc(-c2cc(=O)oc3cc(O[C@@H](C)C(=O)N[C@@H](Cc4c[nH]c5ccc(O)cc45)C(=O)O)ccc23)cc1. The van der Waals surface area contributed by atoms with Crippen molar-refractivity contribution in [2.75, 3.05) is 7.11 Å². The number of aliphatic carboxylic acids is 1. The van der Waals surface area contributed by atoms with Gasteiger partial charge in [-0.25, -0.2) is 9.59 Å². The van der Waals surface area contributed by atoms with Gasteiger partial charge in [-0.3, -0.25) is 4.79 Å². The third-order valence-electron chi connectivity index (χ3n) is 6.59. The lowest BCUT2D eigenvalue weighted by Gasteiger charge is -2.19. The van der Waals surface area contributed by atoms with Gasteiger partial charge in [-0.2, -0.15) is 0 Å². The molecule has 0 fully saturated rings. The predicted octanol–water partition coefficient (Wildman–Crippen LogP) is 4.23. The number of phenolic OH excluding ortho intramolecular Hbond substituents is 1. The number of carboxylic acid groups (broad SMARTS) is 1. The summed E-state index contributed by atoms with van der Waals surface area (Å²) < 4.78 is 16.4. The highest BCUT2D eigenvalue weighted by molar-refractivity contribution is 5.94. The number of hydrogen-bond donors (Lipinski definition) is 4. The Morgan fingerprint density at radius 2 is 1.75 bits per heavy atom. The largest absolute Gasteiger partial charge is 0.508 e. The molecule has 10 heteroatoms. The number of amides is 1. The summed E-state index contributed by atoms with van der Waals surface area (Å²) >= 11 is 0. The van der Waals surface area contributed by atoms with Crippen LogP contribution in [-0.4, -0.2) is 46.3 Å². The number of hydrogen-bond acceptors (Lipinski definition) is 7. The van der Waals surface area contributed by atoms with E-state index in [1.807, 2.05) is 12.1 Å². The molecule has 5 rings (SSSR count). The molecule has 0 aliphatic rings. The van der Waals surface area contributed by atoms with Crippen molar-refractivity contribution in [2.24, 2.45) is 0 Å². The molecular weight excluding hydrogens is 516 g/mol. The molecule has 0 saturated carbocycles. The van der Waals surface area contributed by atoms with E-state index in [9.17, 15) is 24.6 Å². The van der Waals surface area contributed by atoms with Gasteiger partial charge in [0.25, 0.3) is 5.91 Å². The number of rotatable bonds is 9. The smallest absolute Gasteiger partial charge is 0.336 e. The minimum Gasteiger partial charge on any atom is -0.508 e. The van der Waals surface area contributed by atoms with E-state index in [-0.39, 0.29) is 23.5 Å². The van der Waals surface area contributed by atoms with Gasteiger partial charge in [0.2, 0.25) is 0 Å². The average Bonchev–Trinajstić information content (AvgIpc) is 3.33. The lowest BCUT2D eigenvalue weighted by Crippen LogP contribution is -2.47. The van der Waals surface area contributed by atoms with Crippen LogP contribution in [0.2, 0.25) is 0 Å². The number of aromatic amines is 1. The van der Waals surface area contributed by atoms with Crippen LogP contribution >= 0.6 is 0 Å². The number of phenols is 1. The van der Waals surface area contributed by atoms with Gasteiger partial charge in [-0.1, -0.05) is 12.1 Å². The zero-order chi connectivity index (χ0) is 28.4. The summed E-state index contributed by atoms with van der Waals surface area (Å²) in [7, 11) is 1.57. The van der Waals surface area contributed by atoms with Gasteiger partial charge in [0.1, 0.15) is 28.9 Å². The van der Waals surface area contributed by atoms with Crippen LogP contribution < -0.4 is 20.4 Å². The zero-order valence-electron chi connectivity index (χ0n) is 21.6. The molecule has 0 bridgehead atoms. The number of carboxylic acids is 1. The summed E-state index contributed by atoms with van der Waals surface area (Å²) in [6.07, 6.45) is 0.588. The first-order chi connectivity index (χ1) is 19.2. The highest BCUT2D eigenvalue weighted by Gasteiger charge is 2.25. The molecule has 10 nitrogen and oxygen atoms in total. The van der Waals surface area contributed by atoms with Crippen LogP contribution in [0.3, 0.4) is 0 Å². The minimum absolute atomic E-state index is 0.00743. The highest BCUT2D eigenvalue weighted by atomic mass is 16.5. The molecule has 0 aliphatic carbocycles. The normalized spacial score (nSPS) is 12.7. The molecule has 0 saturated heterocycles. The number of carbonyl (C=O) groups excluding carboxylic acids is 1. The molecule has 0 radical (unpaired) electrons. The Balaban J connectivity index is 1.32. The first-order valence-electron chi connectivity index (χ1n) is 12.4. The van der Waals surface area contributed by atoms with E-state index in [0.29, 0.717) is 27.6 Å². The molecule has 1 amide bonds. The van der Waals surface area contributed by atoms with Crippen molar-refractivity contribution in [1.29, 1.82) is 0 Å². The topological polar surface area (TPSA) is 151 Å². The molecule has 4 N–H and O–H groups in total. The van der Waals surface area contributed by atoms with E-state index >= 15 is 0 Å². The molecule has 204 valence electrons. The first-order valence-corrected chi connectivity index (χ1v) is 12.4. The second-order valence-corrected chi connectivity index (χ2v) is 9.27. The standard InChI is InChI=1S/C30H26N2O8/c1-16(29(35)32-26(30(36)37)11-18-15-31-25-10-5-19(33)12-24(18)25)39-21-8-9-22-23(14-28(34)40-27(22)13-21)17-3-6-20(38-2)7-4-17/h3-10,12-16,26,31,33H,11H2,1-2H3,(H,32,35)(H,36,37)/t16-,26-/m0/s1. The van der Waals surface area contributed by atoms with Crippen LogP contribution in [-0.2, 0) is 16.0 Å². The maximum atomic E-state index is 12.9. The van der Waals surface area contributed by atoms with E-state index in [1.54, 1.807) is 43.6 Å². The van der Waals surface area contributed by atoms with Gasteiger partial charge >= 0.3 is 11.6 Å². The van der Waals surface area contributed by atoms with Crippen LogP contribution in [0.5, 0.6) is 17.2 Å². The summed E-state index contributed by atoms with van der Waals surface area (Å²) in [5, 5.41) is 23.4. The Kier molecular flexibility index (Phi) is 7.15. The Labute approximate surface area is 227 Å². The number of nitrogens with one attached hydrogen (secondary N) is 2. The molecular formula is C30H26N2O8. The molecule has 0 aliphatic heterocycles. The van der Waals surface area contributed by atoms with Crippen LogP contribution in [0.15, 0.2) is 82.1 Å². The predicted molar refractivity (Wildman–Crippen MR) is 148 cm³/mol. The van der Waals surface area contributed by atoms with Crippen LogP contribution in [0, 0.1) is 0 Å². The number of carbonyl (C=O) groups is 2. The molecule has 0 spiro atoms. The van der Waals surface area contributed by atoms with E-state index in [0.717, 1.165) is 11.1 Å².